The lowest BCUT2D eigenvalue weighted by Crippen LogP contribution is -2.53. The first-order valence-corrected chi connectivity index (χ1v) is 13.8. The van der Waals surface area contributed by atoms with E-state index < -0.39 is 10.2 Å². The van der Waals surface area contributed by atoms with Crippen molar-refractivity contribution in [2.24, 2.45) is 5.92 Å². The maximum absolute atomic E-state index is 13.6. The molecule has 36 heavy (non-hydrogen) atoms. The Balaban J connectivity index is 1.22. The summed E-state index contributed by atoms with van der Waals surface area (Å²) in [5.74, 6) is 0.853. The molecule has 1 aliphatic carbocycles. The number of hydrogen-bond acceptors (Lipinski definition) is 7. The predicted octanol–water partition coefficient (Wildman–Crippen LogP) is 3.13. The van der Waals surface area contributed by atoms with E-state index in [2.05, 4.69) is 24.8 Å². The number of piperidine rings is 1. The van der Waals surface area contributed by atoms with Gasteiger partial charge in [0.1, 0.15) is 12.1 Å². The Morgan fingerprint density at radius 1 is 1.08 bits per heavy atom. The zero-order chi connectivity index (χ0) is 25.0. The average Bonchev–Trinajstić information content (AvgIpc) is 3.45. The Bertz CT molecular complexity index is 1220. The quantitative estimate of drug-likeness (QED) is 0.493. The number of halogens is 1. The van der Waals surface area contributed by atoms with Gasteiger partial charge in [-0.15, -0.1) is 5.10 Å². The number of hydrogen-bond donors (Lipinski definition) is 1. The fraction of sp³-hybridized carbons (Fsp3) is 0.480. The molecule has 1 N–H and O–H groups in total. The van der Waals surface area contributed by atoms with Gasteiger partial charge in [-0.2, -0.15) is 18.2 Å². The van der Waals surface area contributed by atoms with E-state index in [0.717, 1.165) is 41.0 Å². The minimum absolute atomic E-state index is 0.0694. The number of rotatable bonds is 8. The van der Waals surface area contributed by atoms with E-state index in [-0.39, 0.29) is 23.9 Å². The topological polar surface area (TPSA) is 102 Å². The van der Waals surface area contributed by atoms with Gasteiger partial charge in [0.25, 0.3) is 0 Å². The van der Waals surface area contributed by atoms with Crippen molar-refractivity contribution in [3.63, 3.8) is 0 Å². The van der Waals surface area contributed by atoms with Gasteiger partial charge in [0.05, 0.1) is 12.7 Å². The van der Waals surface area contributed by atoms with Crippen molar-refractivity contribution in [1.29, 1.82) is 0 Å². The number of nitrogens with one attached hydrogen (secondary N) is 1. The Morgan fingerprint density at radius 2 is 1.94 bits per heavy atom. The molecule has 2 fully saturated rings. The van der Waals surface area contributed by atoms with Crippen LogP contribution in [0.5, 0.6) is 0 Å². The molecule has 1 aromatic carbocycles. The van der Waals surface area contributed by atoms with Crippen molar-refractivity contribution < 1.29 is 17.5 Å². The summed E-state index contributed by atoms with van der Waals surface area (Å²) in [6.07, 6.45) is 10.2. The van der Waals surface area contributed by atoms with Gasteiger partial charge in [-0.05, 0) is 67.9 Å². The highest BCUT2D eigenvalue weighted by Gasteiger charge is 2.34. The van der Waals surface area contributed by atoms with Crippen molar-refractivity contribution in [3.05, 3.63) is 72.7 Å². The van der Waals surface area contributed by atoms with Crippen LogP contribution in [0.15, 0.2) is 61.3 Å². The van der Waals surface area contributed by atoms with E-state index in [1.807, 2.05) is 18.2 Å². The molecule has 0 unspecified atom stereocenters. The van der Waals surface area contributed by atoms with Gasteiger partial charge in [0.2, 0.25) is 0 Å². The van der Waals surface area contributed by atoms with Crippen LogP contribution in [0.25, 0.3) is 0 Å². The molecule has 2 atom stereocenters. The first kappa shape index (κ1) is 24.8. The fourth-order valence-corrected chi connectivity index (χ4v) is 6.46. The molecule has 192 valence electrons. The summed E-state index contributed by atoms with van der Waals surface area (Å²) in [6, 6.07) is 10.3. The number of nitrogens with zero attached hydrogens (tertiary/aromatic N) is 5. The summed E-state index contributed by atoms with van der Waals surface area (Å²) in [6.45, 7) is 1.70. The van der Waals surface area contributed by atoms with Crippen LogP contribution in [0.2, 0.25) is 0 Å². The van der Waals surface area contributed by atoms with Crippen LogP contribution in [-0.2, 0) is 14.9 Å². The van der Waals surface area contributed by atoms with E-state index in [1.165, 1.54) is 24.8 Å². The number of anilines is 1. The van der Waals surface area contributed by atoms with E-state index in [0.29, 0.717) is 32.0 Å². The molecule has 9 nitrogen and oxygen atoms in total. The zero-order valence-electron chi connectivity index (χ0n) is 20.0. The van der Waals surface area contributed by atoms with Crippen LogP contribution in [0.3, 0.4) is 0 Å². The second-order valence-electron chi connectivity index (χ2n) is 9.56. The molecule has 3 heterocycles. The average molecular weight is 515 g/mol. The van der Waals surface area contributed by atoms with Gasteiger partial charge in [-0.25, -0.2) is 13.3 Å². The molecule has 3 aromatic rings. The van der Waals surface area contributed by atoms with Gasteiger partial charge in [-0.3, -0.25) is 0 Å². The normalized spacial score (nSPS) is 25.1. The van der Waals surface area contributed by atoms with Gasteiger partial charge in [0.15, 0.2) is 5.82 Å². The van der Waals surface area contributed by atoms with E-state index in [9.17, 15) is 12.8 Å². The standard InChI is InChI=1S/C25H31FN6O3S/c26-22-4-1-3-20(15-22)19-6-8-23(9-7-19)35-17-21-16-31(25-5-2-11-28-29-25)13-10-24(21)30-36(33,34)32-14-12-27-18-32/h1-5,11-12,14-15,18-19,21,23-24,30H,6-10,13,16-17H2/t19?,21-,23?,24-/m0/s1. The third-order valence-electron chi connectivity index (χ3n) is 7.21. The summed E-state index contributed by atoms with van der Waals surface area (Å²) in [7, 11) is -3.74. The van der Waals surface area contributed by atoms with Crippen molar-refractivity contribution in [2.75, 3.05) is 24.6 Å². The Kier molecular flexibility index (Phi) is 7.59. The summed E-state index contributed by atoms with van der Waals surface area (Å²) >= 11 is 0. The summed E-state index contributed by atoms with van der Waals surface area (Å²) in [5.41, 5.74) is 1.05. The van der Waals surface area contributed by atoms with Crippen LogP contribution in [0.1, 0.15) is 43.6 Å². The molecule has 0 amide bonds. The maximum Gasteiger partial charge on any atom is 0.306 e. The summed E-state index contributed by atoms with van der Waals surface area (Å²) in [4.78, 5) is 5.99. The molecule has 0 spiro atoms. The smallest absolute Gasteiger partial charge is 0.306 e. The molecule has 2 aromatic heterocycles. The molecule has 2 aliphatic rings. The van der Waals surface area contributed by atoms with Crippen LogP contribution in [0.4, 0.5) is 10.2 Å². The molecular weight excluding hydrogens is 483 g/mol. The number of ether oxygens (including phenoxy) is 1. The highest BCUT2D eigenvalue weighted by atomic mass is 32.2. The molecule has 0 bridgehead atoms. The lowest BCUT2D eigenvalue weighted by molar-refractivity contribution is -0.00218. The van der Waals surface area contributed by atoms with Crippen LogP contribution in [0, 0.1) is 11.7 Å². The molecular formula is C25H31FN6O3S. The molecule has 1 aliphatic heterocycles. The number of imidazole rings is 1. The monoisotopic (exact) mass is 514 g/mol. The summed E-state index contributed by atoms with van der Waals surface area (Å²) in [5, 5.41) is 8.21. The number of aromatic nitrogens is 4. The minimum atomic E-state index is -3.74. The van der Waals surface area contributed by atoms with E-state index in [1.54, 1.807) is 18.3 Å². The van der Waals surface area contributed by atoms with Crippen LogP contribution < -0.4 is 9.62 Å². The Morgan fingerprint density at radius 3 is 2.67 bits per heavy atom. The van der Waals surface area contributed by atoms with Gasteiger partial charge in [-0.1, -0.05) is 12.1 Å². The Labute approximate surface area is 210 Å². The van der Waals surface area contributed by atoms with Gasteiger partial charge in [0, 0.05) is 43.6 Å². The van der Waals surface area contributed by atoms with E-state index in [4.69, 9.17) is 4.74 Å². The molecule has 1 saturated carbocycles. The Hall–Kier alpha value is -2.89. The first-order chi connectivity index (χ1) is 17.5. The highest BCUT2D eigenvalue weighted by molar-refractivity contribution is 7.87. The molecule has 11 heteroatoms. The van der Waals surface area contributed by atoms with E-state index >= 15 is 0 Å². The largest absolute Gasteiger partial charge is 0.378 e. The SMILES string of the molecule is O=S(=O)(N[C@H]1CCN(c2cccnn2)C[C@H]1COC1CCC(c2cccc(F)c2)CC1)n1ccnc1. The third kappa shape index (κ3) is 5.91. The fourth-order valence-electron chi connectivity index (χ4n) is 5.25. The van der Waals surface area contributed by atoms with Crippen molar-refractivity contribution in [2.45, 2.75) is 50.2 Å². The van der Waals surface area contributed by atoms with Crippen LogP contribution >= 0.6 is 0 Å². The number of benzene rings is 1. The van der Waals surface area contributed by atoms with Gasteiger partial charge < -0.3 is 9.64 Å². The first-order valence-electron chi connectivity index (χ1n) is 12.4. The van der Waals surface area contributed by atoms with Crippen LogP contribution in [-0.4, -0.2) is 59.4 Å². The second kappa shape index (κ2) is 11.0. The highest BCUT2D eigenvalue weighted by Crippen LogP contribution is 2.35. The second-order valence-corrected chi connectivity index (χ2v) is 11.2. The molecule has 0 radical (unpaired) electrons. The molecule has 5 rings (SSSR count). The van der Waals surface area contributed by atoms with Gasteiger partial charge >= 0.3 is 10.2 Å². The summed E-state index contributed by atoms with van der Waals surface area (Å²) < 4.78 is 49.7. The lowest BCUT2D eigenvalue weighted by atomic mass is 9.82. The minimum Gasteiger partial charge on any atom is -0.378 e. The predicted molar refractivity (Wildman–Crippen MR) is 133 cm³/mol. The van der Waals surface area contributed by atoms with Crippen molar-refractivity contribution >= 4 is 16.0 Å². The third-order valence-corrected chi connectivity index (χ3v) is 8.59. The van der Waals surface area contributed by atoms with Crippen molar-refractivity contribution in [3.8, 4) is 0 Å². The molecule has 1 saturated heterocycles. The zero-order valence-corrected chi connectivity index (χ0v) is 20.8. The maximum atomic E-state index is 13.6. The van der Waals surface area contributed by atoms with Crippen molar-refractivity contribution in [1.82, 2.24) is 23.9 Å². The lowest BCUT2D eigenvalue weighted by Gasteiger charge is -2.40.